The van der Waals surface area contributed by atoms with Gasteiger partial charge in [0.2, 0.25) is 0 Å². The van der Waals surface area contributed by atoms with Gasteiger partial charge < -0.3 is 9.72 Å². The van der Waals surface area contributed by atoms with E-state index in [4.69, 9.17) is 4.74 Å². The first-order valence-electron chi connectivity index (χ1n) is 12.4. The van der Waals surface area contributed by atoms with Gasteiger partial charge in [-0.05, 0) is 73.0 Å². The summed E-state index contributed by atoms with van der Waals surface area (Å²) in [7, 11) is 0. The van der Waals surface area contributed by atoms with Crippen molar-refractivity contribution in [2.45, 2.75) is 38.2 Å². The minimum Gasteiger partial charge on any atom is -0.489 e. The molecule has 0 bridgehead atoms. The molecule has 1 saturated carbocycles. The van der Waals surface area contributed by atoms with Crippen LogP contribution in [0, 0.1) is 0 Å². The van der Waals surface area contributed by atoms with E-state index in [-0.39, 0.29) is 0 Å². The number of pyridine rings is 2. The lowest BCUT2D eigenvalue weighted by molar-refractivity contribution is 0.154. The summed E-state index contributed by atoms with van der Waals surface area (Å²) in [4.78, 5) is 13.8. The van der Waals surface area contributed by atoms with Gasteiger partial charge in [0.25, 0.3) is 0 Å². The van der Waals surface area contributed by atoms with Gasteiger partial charge in [0.15, 0.2) is 0 Å². The molecule has 0 spiro atoms. The fraction of sp³-hybridized carbons (Fsp3) is 0.207. The Labute approximate surface area is 212 Å². The molecule has 1 fully saturated rings. The number of aromatic amines is 2. The van der Waals surface area contributed by atoms with E-state index in [2.05, 4.69) is 79.1 Å². The fourth-order valence-corrected chi connectivity index (χ4v) is 5.98. The summed E-state index contributed by atoms with van der Waals surface area (Å²) >= 11 is 1.73. The summed E-state index contributed by atoms with van der Waals surface area (Å²) in [5.74, 6) is 0.842. The number of nitrogens with zero attached hydrogens (tertiary/aromatic N) is 3. The number of H-pyrrole nitrogens is 2. The Bertz CT molecular complexity index is 1660. The van der Waals surface area contributed by atoms with Crippen LogP contribution in [0.2, 0.25) is 0 Å². The van der Waals surface area contributed by atoms with E-state index in [1.54, 1.807) is 11.3 Å². The largest absolute Gasteiger partial charge is 0.489 e. The van der Waals surface area contributed by atoms with Crippen molar-refractivity contribution in [3.63, 3.8) is 0 Å². The summed E-state index contributed by atoms with van der Waals surface area (Å²) in [6.45, 7) is 0. The Morgan fingerprint density at radius 1 is 0.917 bits per heavy atom. The van der Waals surface area contributed by atoms with E-state index >= 15 is 0 Å². The molecular formula is C29H25N5OS. The SMILES string of the molecule is c1csc(-c2ccnc3[nH]c(-c4n[nH]c5ccc(-c6cncc(OC7CCCCC7)c6)cc45)cc23)c1. The molecule has 6 aromatic rings. The highest BCUT2D eigenvalue weighted by Crippen LogP contribution is 2.36. The van der Waals surface area contributed by atoms with Crippen molar-refractivity contribution in [2.24, 2.45) is 0 Å². The van der Waals surface area contributed by atoms with E-state index in [0.29, 0.717) is 6.10 Å². The molecule has 5 heterocycles. The molecule has 7 rings (SSSR count). The molecule has 2 N–H and O–H groups in total. The molecule has 36 heavy (non-hydrogen) atoms. The first kappa shape index (κ1) is 21.3. The van der Waals surface area contributed by atoms with Crippen LogP contribution in [-0.2, 0) is 0 Å². The van der Waals surface area contributed by atoms with Crippen molar-refractivity contribution in [3.05, 3.63) is 72.5 Å². The van der Waals surface area contributed by atoms with Crippen molar-refractivity contribution in [1.82, 2.24) is 25.1 Å². The molecule has 0 unspecified atom stereocenters. The van der Waals surface area contributed by atoms with E-state index in [9.17, 15) is 0 Å². The Morgan fingerprint density at radius 3 is 2.75 bits per heavy atom. The highest BCUT2D eigenvalue weighted by molar-refractivity contribution is 7.13. The second-order valence-electron chi connectivity index (χ2n) is 9.40. The van der Waals surface area contributed by atoms with Crippen LogP contribution in [0.25, 0.3) is 54.9 Å². The van der Waals surface area contributed by atoms with Gasteiger partial charge in [0.1, 0.15) is 17.1 Å². The maximum absolute atomic E-state index is 6.27. The molecule has 0 aliphatic heterocycles. The van der Waals surface area contributed by atoms with Crippen LogP contribution in [0.15, 0.2) is 72.5 Å². The summed E-state index contributed by atoms with van der Waals surface area (Å²) in [6, 6.07) is 16.9. The van der Waals surface area contributed by atoms with E-state index in [1.165, 1.54) is 29.7 Å². The molecule has 178 valence electrons. The van der Waals surface area contributed by atoms with Gasteiger partial charge in [-0.2, -0.15) is 5.10 Å². The molecule has 0 saturated heterocycles. The predicted molar refractivity (Wildman–Crippen MR) is 145 cm³/mol. The van der Waals surface area contributed by atoms with Crippen molar-refractivity contribution in [1.29, 1.82) is 0 Å². The fourth-order valence-electron chi connectivity index (χ4n) is 5.22. The zero-order chi connectivity index (χ0) is 23.9. The van der Waals surface area contributed by atoms with Crippen molar-refractivity contribution < 1.29 is 4.74 Å². The third-order valence-corrected chi connectivity index (χ3v) is 7.94. The van der Waals surface area contributed by atoms with Gasteiger partial charge in [0, 0.05) is 39.2 Å². The molecule has 0 amide bonds. The van der Waals surface area contributed by atoms with Gasteiger partial charge in [-0.1, -0.05) is 18.6 Å². The van der Waals surface area contributed by atoms with Crippen LogP contribution in [-0.4, -0.2) is 31.3 Å². The minimum absolute atomic E-state index is 0.299. The van der Waals surface area contributed by atoms with Gasteiger partial charge in [-0.15, -0.1) is 11.3 Å². The minimum atomic E-state index is 0.299. The zero-order valence-electron chi connectivity index (χ0n) is 19.7. The van der Waals surface area contributed by atoms with E-state index < -0.39 is 0 Å². The number of ether oxygens (including phenoxy) is 1. The average molecular weight is 492 g/mol. The average Bonchev–Trinajstić information content (AvgIpc) is 3.68. The molecular weight excluding hydrogens is 466 g/mol. The zero-order valence-corrected chi connectivity index (χ0v) is 20.5. The second-order valence-corrected chi connectivity index (χ2v) is 10.3. The lowest BCUT2D eigenvalue weighted by Gasteiger charge is -2.23. The summed E-state index contributed by atoms with van der Waals surface area (Å²) < 4.78 is 6.27. The third-order valence-electron chi connectivity index (χ3n) is 7.04. The van der Waals surface area contributed by atoms with Crippen LogP contribution in [0.1, 0.15) is 32.1 Å². The molecule has 6 nitrogen and oxygen atoms in total. The monoisotopic (exact) mass is 491 g/mol. The van der Waals surface area contributed by atoms with Crippen molar-refractivity contribution >= 4 is 33.3 Å². The maximum Gasteiger partial charge on any atom is 0.138 e. The van der Waals surface area contributed by atoms with Gasteiger partial charge in [-0.3, -0.25) is 10.1 Å². The number of nitrogens with one attached hydrogen (secondary N) is 2. The third kappa shape index (κ3) is 3.85. The number of aromatic nitrogens is 5. The number of hydrogen-bond acceptors (Lipinski definition) is 5. The Balaban J connectivity index is 1.26. The molecule has 0 radical (unpaired) electrons. The van der Waals surface area contributed by atoms with Crippen LogP contribution in [0.5, 0.6) is 5.75 Å². The van der Waals surface area contributed by atoms with Gasteiger partial charge in [0.05, 0.1) is 23.5 Å². The van der Waals surface area contributed by atoms with Crippen molar-refractivity contribution in [3.8, 4) is 38.7 Å². The van der Waals surface area contributed by atoms with Crippen LogP contribution in [0.4, 0.5) is 0 Å². The smallest absolute Gasteiger partial charge is 0.138 e. The van der Waals surface area contributed by atoms with Crippen LogP contribution in [0.3, 0.4) is 0 Å². The standard InChI is InChI=1S/C29H25N5OS/c1-2-5-20(6-3-1)35-21-13-19(16-30-17-21)18-8-9-25-24(14-18)28(34-33-25)26-15-23-22(27-7-4-12-36-27)10-11-31-29(23)32-26/h4,7-17,20H,1-3,5-6H2,(H,31,32)(H,33,34). The van der Waals surface area contributed by atoms with E-state index in [1.807, 2.05) is 18.6 Å². The van der Waals surface area contributed by atoms with Crippen molar-refractivity contribution in [2.75, 3.05) is 0 Å². The molecule has 1 aliphatic rings. The molecule has 7 heteroatoms. The number of fused-ring (bicyclic) bond motifs is 2. The molecule has 1 aromatic carbocycles. The Morgan fingerprint density at radius 2 is 1.86 bits per heavy atom. The topological polar surface area (TPSA) is 79.5 Å². The van der Waals surface area contributed by atoms with Crippen LogP contribution >= 0.6 is 11.3 Å². The Hall–Kier alpha value is -3.97. The Kier molecular flexibility index (Phi) is 5.28. The van der Waals surface area contributed by atoms with Crippen LogP contribution < -0.4 is 4.74 Å². The van der Waals surface area contributed by atoms with Gasteiger partial charge >= 0.3 is 0 Å². The first-order valence-corrected chi connectivity index (χ1v) is 13.3. The summed E-state index contributed by atoms with van der Waals surface area (Å²) in [5, 5.41) is 12.1. The molecule has 5 aromatic heterocycles. The highest BCUT2D eigenvalue weighted by atomic mass is 32.1. The number of hydrogen-bond donors (Lipinski definition) is 2. The van der Waals surface area contributed by atoms with Gasteiger partial charge in [-0.25, -0.2) is 4.98 Å². The number of benzene rings is 1. The number of thiophene rings is 1. The molecule has 0 atom stereocenters. The highest BCUT2D eigenvalue weighted by Gasteiger charge is 2.17. The summed E-state index contributed by atoms with van der Waals surface area (Å²) in [6.07, 6.45) is 11.9. The molecule has 1 aliphatic carbocycles. The second kappa shape index (κ2) is 8.91. The lowest BCUT2D eigenvalue weighted by Crippen LogP contribution is -2.19. The number of rotatable bonds is 5. The quantitative estimate of drug-likeness (QED) is 0.260. The predicted octanol–water partition coefficient (Wildman–Crippen LogP) is 7.61. The summed E-state index contributed by atoms with van der Waals surface area (Å²) in [5.41, 5.74) is 6.97. The normalized spacial score (nSPS) is 14.6. The van der Waals surface area contributed by atoms with E-state index in [0.717, 1.165) is 63.0 Å². The first-order chi connectivity index (χ1) is 17.8. The lowest BCUT2D eigenvalue weighted by atomic mass is 9.98. The maximum atomic E-state index is 6.27.